The van der Waals surface area contributed by atoms with Crippen LogP contribution in [0.1, 0.15) is 28.0 Å². The van der Waals surface area contributed by atoms with E-state index in [9.17, 15) is 4.79 Å². The molecule has 114 valence electrons. The van der Waals surface area contributed by atoms with Crippen molar-refractivity contribution in [1.82, 2.24) is 9.27 Å². The molecule has 0 saturated carbocycles. The van der Waals surface area contributed by atoms with Crippen LogP contribution in [0, 0.1) is 6.92 Å². The molecule has 1 amide bonds. The van der Waals surface area contributed by atoms with E-state index in [2.05, 4.69) is 27.9 Å². The van der Waals surface area contributed by atoms with Gasteiger partial charge in [-0.25, -0.2) is 0 Å². The summed E-state index contributed by atoms with van der Waals surface area (Å²) in [5, 5.41) is 3.91. The van der Waals surface area contributed by atoms with Crippen LogP contribution >= 0.6 is 11.5 Å². The molecule has 0 radical (unpaired) electrons. The summed E-state index contributed by atoms with van der Waals surface area (Å²) >= 11 is 1.34. The van der Waals surface area contributed by atoms with Crippen LogP contribution in [0.5, 0.6) is 0 Å². The van der Waals surface area contributed by atoms with Gasteiger partial charge in [0.1, 0.15) is 5.00 Å². The third-order valence-electron chi connectivity index (χ3n) is 3.94. The van der Waals surface area contributed by atoms with Gasteiger partial charge in [-0.05, 0) is 36.0 Å². The minimum Gasteiger partial charge on any atom is -0.378 e. The molecule has 3 rings (SSSR count). The second kappa shape index (κ2) is 6.32. The third kappa shape index (κ3) is 2.76. The number of benzene rings is 1. The molecule has 1 aromatic heterocycles. The molecular formula is C17H19N3OS. The number of nitrogens with one attached hydrogen (secondary N) is 1. The van der Waals surface area contributed by atoms with Gasteiger partial charge in [-0.15, -0.1) is 0 Å². The Bertz CT molecular complexity index is 706. The summed E-state index contributed by atoms with van der Waals surface area (Å²) in [6, 6.07) is 10.4. The maximum Gasteiger partial charge on any atom is 0.259 e. The lowest BCUT2D eigenvalue weighted by molar-refractivity contribution is 0.0773. The number of aryl methyl sites for hydroxylation is 1. The third-order valence-corrected chi connectivity index (χ3v) is 4.90. The second-order valence-corrected chi connectivity index (χ2v) is 6.09. The Morgan fingerprint density at radius 3 is 2.73 bits per heavy atom. The summed E-state index contributed by atoms with van der Waals surface area (Å²) in [4.78, 5) is 14.6. The van der Waals surface area contributed by atoms with Gasteiger partial charge < -0.3 is 10.2 Å². The van der Waals surface area contributed by atoms with Gasteiger partial charge in [0.2, 0.25) is 0 Å². The molecule has 0 saturated heterocycles. The molecule has 1 N–H and O–H groups in total. The fraction of sp³-hybridized carbons (Fsp3) is 0.294. The van der Waals surface area contributed by atoms with Crippen molar-refractivity contribution in [2.45, 2.75) is 13.3 Å². The van der Waals surface area contributed by atoms with Gasteiger partial charge in [0.15, 0.2) is 0 Å². The Hall–Kier alpha value is -2.14. The predicted molar refractivity (Wildman–Crippen MR) is 91.3 cm³/mol. The zero-order valence-corrected chi connectivity index (χ0v) is 13.6. The van der Waals surface area contributed by atoms with E-state index >= 15 is 0 Å². The predicted octanol–water partition coefficient (Wildman–Crippen LogP) is 3.42. The van der Waals surface area contributed by atoms with Crippen molar-refractivity contribution in [1.29, 1.82) is 0 Å². The van der Waals surface area contributed by atoms with Gasteiger partial charge in [-0.3, -0.25) is 4.79 Å². The van der Waals surface area contributed by atoms with Crippen LogP contribution in [-0.4, -0.2) is 35.3 Å². The molecule has 0 bridgehead atoms. The van der Waals surface area contributed by atoms with Crippen molar-refractivity contribution in [2.24, 2.45) is 0 Å². The number of hydrogen-bond donors (Lipinski definition) is 1. The fourth-order valence-corrected chi connectivity index (χ4v) is 3.46. The number of aromatic nitrogens is 1. The molecule has 2 aromatic rings. The number of rotatable bonds is 3. The molecule has 0 unspecified atom stereocenters. The average molecular weight is 313 g/mol. The summed E-state index contributed by atoms with van der Waals surface area (Å²) in [5.74, 6) is 0.0685. The van der Waals surface area contributed by atoms with Crippen LogP contribution in [0.2, 0.25) is 0 Å². The highest BCUT2D eigenvalue weighted by atomic mass is 32.1. The number of anilines is 1. The Morgan fingerprint density at radius 1 is 1.32 bits per heavy atom. The Balaban J connectivity index is 1.77. The lowest BCUT2D eigenvalue weighted by Crippen LogP contribution is -2.35. The topological polar surface area (TPSA) is 45.2 Å². The molecule has 1 aromatic carbocycles. The lowest BCUT2D eigenvalue weighted by atomic mass is 9.99. The Labute approximate surface area is 134 Å². The molecule has 0 aliphatic carbocycles. The SMILES string of the molecule is CNc1snc(C)c1C(=O)N1CC=C(c2ccccc2)CC1. The summed E-state index contributed by atoms with van der Waals surface area (Å²) in [6.45, 7) is 3.29. The van der Waals surface area contributed by atoms with E-state index in [1.165, 1.54) is 22.7 Å². The minimum absolute atomic E-state index is 0.0685. The van der Waals surface area contributed by atoms with E-state index in [-0.39, 0.29) is 5.91 Å². The molecule has 0 atom stereocenters. The van der Waals surface area contributed by atoms with Gasteiger partial charge in [-0.1, -0.05) is 36.4 Å². The molecule has 4 nitrogen and oxygen atoms in total. The van der Waals surface area contributed by atoms with E-state index in [4.69, 9.17) is 0 Å². The number of carbonyl (C=O) groups is 1. The van der Waals surface area contributed by atoms with Crippen LogP contribution in [0.15, 0.2) is 36.4 Å². The molecule has 0 spiro atoms. The van der Waals surface area contributed by atoms with Crippen molar-refractivity contribution in [3.63, 3.8) is 0 Å². The average Bonchev–Trinajstić information content (AvgIpc) is 2.96. The van der Waals surface area contributed by atoms with E-state index in [1.54, 1.807) is 0 Å². The van der Waals surface area contributed by atoms with Crippen LogP contribution < -0.4 is 5.32 Å². The normalized spacial score (nSPS) is 14.6. The molecule has 5 heteroatoms. The van der Waals surface area contributed by atoms with E-state index in [0.29, 0.717) is 12.1 Å². The zero-order chi connectivity index (χ0) is 15.5. The highest BCUT2D eigenvalue weighted by Crippen LogP contribution is 2.28. The van der Waals surface area contributed by atoms with E-state index in [0.717, 1.165) is 23.7 Å². The van der Waals surface area contributed by atoms with Crippen molar-refractivity contribution in [3.05, 3.63) is 53.2 Å². The van der Waals surface area contributed by atoms with Gasteiger partial charge in [0.25, 0.3) is 5.91 Å². The monoisotopic (exact) mass is 313 g/mol. The number of hydrogen-bond acceptors (Lipinski definition) is 4. The van der Waals surface area contributed by atoms with E-state index in [1.807, 2.05) is 37.1 Å². The fourth-order valence-electron chi connectivity index (χ4n) is 2.72. The van der Waals surface area contributed by atoms with Crippen LogP contribution in [-0.2, 0) is 0 Å². The van der Waals surface area contributed by atoms with Crippen molar-refractivity contribution in [3.8, 4) is 0 Å². The molecule has 22 heavy (non-hydrogen) atoms. The Morgan fingerprint density at radius 2 is 2.09 bits per heavy atom. The first kappa shape index (κ1) is 14.8. The highest BCUT2D eigenvalue weighted by Gasteiger charge is 2.24. The molecule has 2 heterocycles. The van der Waals surface area contributed by atoms with Crippen molar-refractivity contribution < 1.29 is 4.79 Å². The van der Waals surface area contributed by atoms with Gasteiger partial charge in [0.05, 0.1) is 11.3 Å². The standard InChI is InChI=1S/C17H19N3OS/c1-12-15(16(18-2)22-19-12)17(21)20-10-8-14(9-11-20)13-6-4-3-5-7-13/h3-8,18H,9-11H2,1-2H3. The summed E-state index contributed by atoms with van der Waals surface area (Å²) in [5.41, 5.74) is 4.08. The summed E-state index contributed by atoms with van der Waals surface area (Å²) in [7, 11) is 1.83. The largest absolute Gasteiger partial charge is 0.378 e. The molecule has 1 aliphatic heterocycles. The van der Waals surface area contributed by atoms with Gasteiger partial charge in [0, 0.05) is 20.1 Å². The first-order valence-electron chi connectivity index (χ1n) is 7.38. The van der Waals surface area contributed by atoms with Gasteiger partial charge in [-0.2, -0.15) is 4.37 Å². The van der Waals surface area contributed by atoms with Crippen LogP contribution in [0.3, 0.4) is 0 Å². The molecule has 0 fully saturated rings. The van der Waals surface area contributed by atoms with Crippen LogP contribution in [0.25, 0.3) is 5.57 Å². The van der Waals surface area contributed by atoms with Gasteiger partial charge >= 0.3 is 0 Å². The number of carbonyl (C=O) groups excluding carboxylic acids is 1. The number of nitrogens with zero attached hydrogens (tertiary/aromatic N) is 2. The lowest BCUT2D eigenvalue weighted by Gasteiger charge is -2.27. The second-order valence-electron chi connectivity index (χ2n) is 5.32. The minimum atomic E-state index is 0.0685. The summed E-state index contributed by atoms with van der Waals surface area (Å²) in [6.07, 6.45) is 3.05. The zero-order valence-electron chi connectivity index (χ0n) is 12.8. The maximum absolute atomic E-state index is 12.7. The first-order valence-corrected chi connectivity index (χ1v) is 8.16. The molecule has 1 aliphatic rings. The van der Waals surface area contributed by atoms with Crippen molar-refractivity contribution in [2.75, 3.05) is 25.5 Å². The molecular weight excluding hydrogens is 294 g/mol. The summed E-state index contributed by atoms with van der Waals surface area (Å²) < 4.78 is 4.28. The van der Waals surface area contributed by atoms with Crippen molar-refractivity contribution >= 4 is 28.0 Å². The Kier molecular flexibility index (Phi) is 4.24. The smallest absolute Gasteiger partial charge is 0.259 e. The highest BCUT2D eigenvalue weighted by molar-refractivity contribution is 7.10. The quantitative estimate of drug-likeness (QED) is 0.944. The number of amides is 1. The van der Waals surface area contributed by atoms with E-state index < -0.39 is 0 Å². The maximum atomic E-state index is 12.7. The van der Waals surface area contributed by atoms with Crippen LogP contribution in [0.4, 0.5) is 5.00 Å². The first-order chi connectivity index (χ1) is 10.7.